The smallest absolute Gasteiger partial charge is 0.411 e. The van der Waals surface area contributed by atoms with Crippen LogP contribution in [-0.2, 0) is 14.3 Å². The number of nitrogens with zero attached hydrogens (tertiary/aromatic N) is 1. The van der Waals surface area contributed by atoms with Crippen LogP contribution in [0.2, 0.25) is 10.0 Å². The summed E-state index contributed by atoms with van der Waals surface area (Å²) in [6.07, 6.45) is 0.0641. The van der Waals surface area contributed by atoms with Crippen LogP contribution in [0.3, 0.4) is 0 Å². The van der Waals surface area contributed by atoms with Gasteiger partial charge in [0, 0.05) is 29.4 Å². The van der Waals surface area contributed by atoms with E-state index < -0.39 is 35.5 Å². The predicted octanol–water partition coefficient (Wildman–Crippen LogP) is 5.03. The Morgan fingerprint density at radius 2 is 1.86 bits per heavy atom. The first-order valence-corrected chi connectivity index (χ1v) is 12.1. The molecule has 2 aromatic carbocycles. The second-order valence-electron chi connectivity index (χ2n) is 9.35. The van der Waals surface area contributed by atoms with Crippen molar-refractivity contribution in [2.45, 2.75) is 51.3 Å². The molecule has 1 saturated heterocycles. The molecule has 0 aliphatic carbocycles. The second-order valence-corrected chi connectivity index (χ2v) is 10.2. The highest BCUT2D eigenvalue weighted by atomic mass is 35.5. The average molecular weight is 540 g/mol. The van der Waals surface area contributed by atoms with Gasteiger partial charge in [0.25, 0.3) is 5.91 Å². The van der Waals surface area contributed by atoms with Crippen LogP contribution in [0.1, 0.15) is 33.6 Å². The molecule has 0 saturated carbocycles. The molecule has 11 heteroatoms. The first-order chi connectivity index (χ1) is 16.9. The van der Waals surface area contributed by atoms with Gasteiger partial charge in [-0.2, -0.15) is 0 Å². The minimum atomic E-state index is -0.805. The van der Waals surface area contributed by atoms with E-state index in [1.54, 1.807) is 45.0 Å². The number of carbonyl (C=O) groups is 3. The number of benzene rings is 2. The molecule has 2 atom stereocenters. The van der Waals surface area contributed by atoms with Crippen LogP contribution in [0.5, 0.6) is 5.75 Å². The topological polar surface area (TPSA) is 97.0 Å². The Morgan fingerprint density at radius 3 is 2.53 bits per heavy atom. The zero-order valence-corrected chi connectivity index (χ0v) is 21.7. The van der Waals surface area contributed by atoms with Crippen LogP contribution in [0.15, 0.2) is 42.5 Å². The van der Waals surface area contributed by atoms with E-state index in [0.29, 0.717) is 23.6 Å². The number of ether oxygens (including phenoxy) is 2. The summed E-state index contributed by atoms with van der Waals surface area (Å²) in [5.74, 6) is -1.34. The molecule has 0 bridgehead atoms. The standard InChI is InChI=1S/C25H28Cl2FN3O5/c1-25(2,3)36-24(34)31-13-17(29-22(32)14-35-18-8-9-19(27)20(28)12-18)7-10-21(31)23(33)30-16-6-4-5-15(26)11-16/h4-6,8-9,11-12,17,21H,7,10,13-14H2,1-3H3,(H,29,32)(H,30,33)/t17-,21+/m0/s1. The predicted molar refractivity (Wildman–Crippen MR) is 135 cm³/mol. The van der Waals surface area contributed by atoms with E-state index in [0.717, 1.165) is 6.07 Å². The van der Waals surface area contributed by atoms with Crippen molar-refractivity contribution in [2.75, 3.05) is 18.5 Å². The molecule has 0 spiro atoms. The zero-order chi connectivity index (χ0) is 26.5. The molecule has 194 valence electrons. The normalized spacial score (nSPS) is 17.8. The lowest BCUT2D eigenvalue weighted by Crippen LogP contribution is -2.58. The molecule has 3 amide bonds. The Hall–Kier alpha value is -3.04. The molecule has 1 aliphatic rings. The molecule has 0 radical (unpaired) electrons. The first kappa shape index (κ1) is 27.5. The van der Waals surface area contributed by atoms with Crippen molar-refractivity contribution < 1.29 is 28.2 Å². The number of amides is 3. The quantitative estimate of drug-likeness (QED) is 0.536. The molecule has 36 heavy (non-hydrogen) atoms. The number of anilines is 1. The monoisotopic (exact) mass is 539 g/mol. The van der Waals surface area contributed by atoms with Gasteiger partial charge in [-0.05, 0) is 63.9 Å². The van der Waals surface area contributed by atoms with Crippen LogP contribution in [0, 0.1) is 5.82 Å². The van der Waals surface area contributed by atoms with Crippen LogP contribution in [-0.4, -0.2) is 53.6 Å². The second kappa shape index (κ2) is 11.8. The van der Waals surface area contributed by atoms with Gasteiger partial charge in [0.1, 0.15) is 23.2 Å². The fourth-order valence-electron chi connectivity index (χ4n) is 3.66. The molecule has 0 unspecified atom stereocenters. The summed E-state index contributed by atoms with van der Waals surface area (Å²) in [7, 11) is 0. The van der Waals surface area contributed by atoms with Crippen molar-refractivity contribution in [1.29, 1.82) is 0 Å². The van der Waals surface area contributed by atoms with Crippen molar-refractivity contribution in [2.24, 2.45) is 0 Å². The Balaban J connectivity index is 1.64. The van der Waals surface area contributed by atoms with E-state index in [9.17, 15) is 18.8 Å². The number of hydrogen-bond acceptors (Lipinski definition) is 5. The molecule has 1 aliphatic heterocycles. The lowest BCUT2D eigenvalue weighted by Gasteiger charge is -2.39. The van der Waals surface area contributed by atoms with Crippen LogP contribution in [0.25, 0.3) is 0 Å². The van der Waals surface area contributed by atoms with Crippen LogP contribution in [0.4, 0.5) is 14.9 Å². The van der Waals surface area contributed by atoms with Gasteiger partial charge in [-0.1, -0.05) is 29.3 Å². The summed E-state index contributed by atoms with van der Waals surface area (Å²) in [5, 5.41) is 5.99. The number of halogens is 3. The summed E-state index contributed by atoms with van der Waals surface area (Å²) in [5.41, 5.74) is -0.272. The molecule has 2 N–H and O–H groups in total. The highest BCUT2D eigenvalue weighted by molar-refractivity contribution is 6.31. The summed E-state index contributed by atoms with van der Waals surface area (Å²) in [6, 6.07) is 9.32. The van der Waals surface area contributed by atoms with Gasteiger partial charge in [-0.3, -0.25) is 14.5 Å². The summed E-state index contributed by atoms with van der Waals surface area (Å²) in [6.45, 7) is 4.89. The fourth-order valence-corrected chi connectivity index (χ4v) is 3.97. The van der Waals surface area contributed by atoms with Crippen molar-refractivity contribution in [1.82, 2.24) is 10.2 Å². The number of piperidine rings is 1. The fraction of sp³-hybridized carbons (Fsp3) is 0.400. The van der Waals surface area contributed by atoms with Gasteiger partial charge in [0.2, 0.25) is 5.91 Å². The highest BCUT2D eigenvalue weighted by Crippen LogP contribution is 2.24. The molecule has 3 rings (SSSR count). The van der Waals surface area contributed by atoms with Crippen LogP contribution >= 0.6 is 23.2 Å². The van der Waals surface area contributed by atoms with Crippen LogP contribution < -0.4 is 15.4 Å². The largest absolute Gasteiger partial charge is 0.484 e. The van der Waals surface area contributed by atoms with E-state index in [2.05, 4.69) is 10.6 Å². The van der Waals surface area contributed by atoms with E-state index in [4.69, 9.17) is 32.7 Å². The van der Waals surface area contributed by atoms with E-state index >= 15 is 0 Å². The third-order valence-electron chi connectivity index (χ3n) is 5.23. The molecule has 2 aromatic rings. The minimum absolute atomic E-state index is 0.0507. The maximum Gasteiger partial charge on any atom is 0.411 e. The van der Waals surface area contributed by atoms with Crippen molar-refractivity contribution in [3.63, 3.8) is 0 Å². The molecule has 0 aromatic heterocycles. The molecule has 1 fully saturated rings. The van der Waals surface area contributed by atoms with Gasteiger partial charge in [0.15, 0.2) is 6.61 Å². The summed E-state index contributed by atoms with van der Waals surface area (Å²) in [4.78, 5) is 39.8. The zero-order valence-electron chi connectivity index (χ0n) is 20.1. The summed E-state index contributed by atoms with van der Waals surface area (Å²) < 4.78 is 24.4. The lowest BCUT2D eigenvalue weighted by molar-refractivity contribution is -0.125. The van der Waals surface area contributed by atoms with E-state index in [1.807, 2.05) is 0 Å². The lowest BCUT2D eigenvalue weighted by atomic mass is 9.97. The maximum atomic E-state index is 13.6. The Morgan fingerprint density at radius 1 is 1.11 bits per heavy atom. The van der Waals surface area contributed by atoms with Crippen molar-refractivity contribution in [3.8, 4) is 5.75 Å². The third kappa shape index (κ3) is 7.99. The summed E-state index contributed by atoms with van der Waals surface area (Å²) >= 11 is 11.7. The molecular weight excluding hydrogens is 512 g/mol. The first-order valence-electron chi connectivity index (χ1n) is 11.3. The molecule has 1 heterocycles. The highest BCUT2D eigenvalue weighted by Gasteiger charge is 2.38. The Labute approximate surface area is 219 Å². The Kier molecular flexibility index (Phi) is 9.03. The number of nitrogens with one attached hydrogen (secondary N) is 2. The molecule has 8 nitrogen and oxygen atoms in total. The van der Waals surface area contributed by atoms with Gasteiger partial charge in [-0.15, -0.1) is 0 Å². The van der Waals surface area contributed by atoms with Gasteiger partial charge in [0.05, 0.1) is 5.02 Å². The maximum absolute atomic E-state index is 13.6. The van der Waals surface area contributed by atoms with Crippen molar-refractivity contribution in [3.05, 3.63) is 58.3 Å². The minimum Gasteiger partial charge on any atom is -0.484 e. The van der Waals surface area contributed by atoms with Gasteiger partial charge in [-0.25, -0.2) is 9.18 Å². The average Bonchev–Trinajstić information content (AvgIpc) is 2.78. The Bertz CT molecular complexity index is 1130. The number of hydrogen-bond donors (Lipinski definition) is 2. The van der Waals surface area contributed by atoms with E-state index in [-0.39, 0.29) is 29.8 Å². The van der Waals surface area contributed by atoms with E-state index in [1.165, 1.54) is 17.0 Å². The number of rotatable bonds is 6. The third-order valence-corrected chi connectivity index (χ3v) is 5.77. The number of carbonyl (C=O) groups excluding carboxylic acids is 3. The SMILES string of the molecule is CC(C)(C)OC(=O)N1C[C@@H](NC(=O)COc2ccc(Cl)c(F)c2)CC[C@@H]1C(=O)Nc1cccc(Cl)c1. The number of likely N-dealkylation sites (tertiary alicyclic amines) is 1. The van der Waals surface area contributed by atoms with Crippen molar-refractivity contribution >= 4 is 46.8 Å². The van der Waals surface area contributed by atoms with Gasteiger partial charge < -0.3 is 20.1 Å². The van der Waals surface area contributed by atoms with Gasteiger partial charge >= 0.3 is 6.09 Å². The molecular formula is C25H28Cl2FN3O5.